The van der Waals surface area contributed by atoms with Gasteiger partial charge >= 0.3 is 0 Å². The van der Waals surface area contributed by atoms with Crippen LogP contribution in [0, 0.1) is 0 Å². The Hall–Kier alpha value is 1.38. The minimum atomic E-state index is 1.44. The highest BCUT2D eigenvalue weighted by molar-refractivity contribution is 14.2. The molecule has 0 heterocycles. The molecular formula is H2I2N2. The van der Waals surface area contributed by atoms with Crippen LogP contribution in [0.25, 0.3) is 0 Å². The monoisotopic (exact) mass is 284 g/mol. The fourth-order valence-electron chi connectivity index (χ4n) is 0. The zero-order valence-electron chi connectivity index (χ0n) is 1.78. The second-order valence-corrected chi connectivity index (χ2v) is 4.18. The van der Waals surface area contributed by atoms with E-state index < -0.39 is 0 Å². The molecule has 0 atom stereocenters. The summed E-state index contributed by atoms with van der Waals surface area (Å²) in [6.45, 7) is 0. The lowest BCUT2D eigenvalue weighted by atomic mass is 13.0. The highest BCUT2D eigenvalue weighted by Crippen LogP contribution is 1.93. The topological polar surface area (TPSA) is 29.3 Å². The van der Waals surface area contributed by atoms with Crippen LogP contribution in [-0.2, 0) is 0 Å². The fourth-order valence-corrected chi connectivity index (χ4v) is 0. The summed E-state index contributed by atoms with van der Waals surface area (Å²) in [5.41, 5.74) is 0. The fraction of sp³-hybridized carbons (Fsp3) is 0. The summed E-state index contributed by atoms with van der Waals surface area (Å²) in [4.78, 5) is 0. The first-order chi connectivity index (χ1) is 1.73. The number of rotatable bonds is 0. The summed E-state index contributed by atoms with van der Waals surface area (Å²) in [7, 11) is 0. The van der Waals surface area contributed by atoms with Gasteiger partial charge < -0.3 is 0 Å². The molecule has 0 spiro atoms. The van der Waals surface area contributed by atoms with Crippen LogP contribution in [0.4, 0.5) is 0 Å². The van der Waals surface area contributed by atoms with Gasteiger partial charge in [0.25, 0.3) is 0 Å². The Labute approximate surface area is 52.7 Å². The van der Waals surface area contributed by atoms with Gasteiger partial charge in [0, 0.05) is 45.7 Å². The lowest BCUT2D eigenvalue weighted by molar-refractivity contribution is 0.934. The van der Waals surface area contributed by atoms with Crippen molar-refractivity contribution in [3.63, 3.8) is 0 Å². The van der Waals surface area contributed by atoms with Crippen molar-refractivity contribution < 1.29 is 0 Å². The maximum absolute atomic E-state index is 4.92. The van der Waals surface area contributed by atoms with Gasteiger partial charge in [0.15, 0.2) is 0 Å². The van der Waals surface area contributed by atoms with E-state index in [1.54, 1.807) is 0 Å². The molecular weight excluding hydrogens is 282 g/mol. The Bertz CT molecular complexity index is 8.75. The van der Waals surface area contributed by atoms with E-state index in [2.05, 4.69) is 0 Å². The minimum absolute atomic E-state index is 1.44. The third kappa shape index (κ3) is 10.1. The van der Waals surface area contributed by atoms with E-state index in [9.17, 15) is 0 Å². The van der Waals surface area contributed by atoms with Gasteiger partial charge in [0.05, 0.1) is 0 Å². The summed E-state index contributed by atoms with van der Waals surface area (Å²) in [5.74, 6) is 4.92. The van der Waals surface area contributed by atoms with Crippen LogP contribution >= 0.6 is 45.7 Å². The molecule has 0 aromatic rings. The van der Waals surface area contributed by atoms with E-state index in [1.165, 1.54) is 1.44 Å². The highest BCUT2D eigenvalue weighted by atomic mass is 127. The summed E-state index contributed by atoms with van der Waals surface area (Å²) < 4.78 is 1.44. The molecule has 0 bridgehead atoms. The first-order valence-electron chi connectivity index (χ1n) is 0.596. The van der Waals surface area contributed by atoms with E-state index in [0.29, 0.717) is 0 Å². The van der Waals surface area contributed by atoms with Crippen LogP contribution in [0.2, 0.25) is 0 Å². The van der Waals surface area contributed by atoms with Crippen molar-refractivity contribution in [1.82, 2.24) is 1.44 Å². The van der Waals surface area contributed by atoms with Crippen molar-refractivity contribution in [3.05, 3.63) is 0 Å². The average molecular weight is 284 g/mol. The van der Waals surface area contributed by atoms with Crippen LogP contribution in [0.15, 0.2) is 0 Å². The van der Waals surface area contributed by atoms with Gasteiger partial charge in [0.1, 0.15) is 0 Å². The van der Waals surface area contributed by atoms with Crippen molar-refractivity contribution in [2.45, 2.75) is 0 Å². The van der Waals surface area contributed by atoms with Gasteiger partial charge in [-0.05, 0) is 0 Å². The summed E-state index contributed by atoms with van der Waals surface area (Å²) >= 11 is 3.88. The molecule has 2 nitrogen and oxygen atoms in total. The standard InChI is InChI=1S/H2I2N2/c1-4(2)3/h3H2. The number of hydrazine groups is 1. The molecule has 0 rings (SSSR count). The largest absolute Gasteiger partial charge is 0.250 e. The molecule has 0 aliphatic heterocycles. The maximum atomic E-state index is 4.92. The number of hydrogen-bond donors (Lipinski definition) is 1. The van der Waals surface area contributed by atoms with E-state index >= 15 is 0 Å². The molecule has 0 aliphatic rings. The Balaban J connectivity index is 2.32. The van der Waals surface area contributed by atoms with Gasteiger partial charge in [0.2, 0.25) is 0 Å². The second-order valence-electron chi connectivity index (χ2n) is 0.259. The minimum Gasteiger partial charge on any atom is -0.250 e. The molecule has 4 heavy (non-hydrogen) atoms. The van der Waals surface area contributed by atoms with Crippen LogP contribution in [0.3, 0.4) is 0 Å². The summed E-state index contributed by atoms with van der Waals surface area (Å²) in [6.07, 6.45) is 0. The molecule has 0 amide bonds. The van der Waals surface area contributed by atoms with Gasteiger partial charge in [-0.3, -0.25) is 5.84 Å². The Kier molecular flexibility index (Phi) is 3.51. The molecule has 0 fully saturated rings. The SMILES string of the molecule is NN(I)I. The third-order valence-corrected chi connectivity index (χ3v) is 0. The average Bonchev–Trinajstić information content (AvgIpc) is 0.811. The Morgan fingerprint density at radius 3 is 1.50 bits per heavy atom. The summed E-state index contributed by atoms with van der Waals surface area (Å²) in [6, 6.07) is 0. The van der Waals surface area contributed by atoms with Gasteiger partial charge in [-0.15, -0.1) is 1.44 Å². The lowest BCUT2D eigenvalue weighted by Crippen LogP contribution is -2.01. The molecule has 0 aromatic carbocycles. The summed E-state index contributed by atoms with van der Waals surface area (Å²) in [5, 5.41) is 0. The van der Waals surface area contributed by atoms with Crippen LogP contribution in [0.5, 0.6) is 0 Å². The molecule has 0 aliphatic carbocycles. The predicted molar refractivity (Wildman–Crippen MR) is 34.1 cm³/mol. The molecule has 2 N–H and O–H groups in total. The molecule has 0 saturated heterocycles. The zero-order valence-corrected chi connectivity index (χ0v) is 6.10. The second kappa shape index (κ2) is 2.61. The van der Waals surface area contributed by atoms with Crippen molar-refractivity contribution in [2.75, 3.05) is 0 Å². The van der Waals surface area contributed by atoms with Crippen molar-refractivity contribution >= 4 is 45.7 Å². The van der Waals surface area contributed by atoms with E-state index in [-0.39, 0.29) is 0 Å². The van der Waals surface area contributed by atoms with Crippen LogP contribution < -0.4 is 5.84 Å². The number of halogens is 2. The smallest absolute Gasteiger partial charge is 0.0486 e. The molecule has 0 saturated carbocycles. The van der Waals surface area contributed by atoms with Crippen LogP contribution in [0.1, 0.15) is 0 Å². The normalized spacial score (nSPS) is 9.00. The number of hydrogen-bond acceptors (Lipinski definition) is 2. The third-order valence-electron chi connectivity index (χ3n) is 0. The maximum Gasteiger partial charge on any atom is 0.0486 e. The molecule has 0 radical (unpaired) electrons. The predicted octanol–water partition coefficient (Wildman–Crippen LogP) is 0.862. The highest BCUT2D eigenvalue weighted by Gasteiger charge is 1.65. The first-order valence-corrected chi connectivity index (χ1v) is 2.53. The molecule has 0 unspecified atom stereocenters. The van der Waals surface area contributed by atoms with Gasteiger partial charge in [-0.1, -0.05) is 0 Å². The Morgan fingerprint density at radius 1 is 1.50 bits per heavy atom. The van der Waals surface area contributed by atoms with Crippen molar-refractivity contribution in [3.8, 4) is 0 Å². The van der Waals surface area contributed by atoms with E-state index in [1.807, 2.05) is 45.7 Å². The van der Waals surface area contributed by atoms with Gasteiger partial charge in [-0.2, -0.15) is 0 Å². The van der Waals surface area contributed by atoms with Crippen molar-refractivity contribution in [2.24, 2.45) is 5.84 Å². The molecule has 4 heteroatoms. The Morgan fingerprint density at radius 2 is 1.50 bits per heavy atom. The van der Waals surface area contributed by atoms with Gasteiger partial charge in [-0.25, -0.2) is 0 Å². The number of nitrogens with zero attached hydrogens (tertiary/aromatic N) is 1. The van der Waals surface area contributed by atoms with E-state index in [4.69, 9.17) is 5.84 Å². The number of nitrogens with two attached hydrogens (primary N) is 1. The van der Waals surface area contributed by atoms with Crippen LogP contribution in [-0.4, -0.2) is 1.44 Å². The lowest BCUT2D eigenvalue weighted by Gasteiger charge is -1.83. The van der Waals surface area contributed by atoms with E-state index in [0.717, 1.165) is 0 Å². The van der Waals surface area contributed by atoms with Crippen molar-refractivity contribution in [1.29, 1.82) is 0 Å². The zero-order chi connectivity index (χ0) is 3.58. The molecule has 26 valence electrons. The first kappa shape index (κ1) is 5.38. The molecule has 0 aromatic heterocycles. The quantitative estimate of drug-likeness (QED) is 0.309.